The molecule has 3 unspecified atom stereocenters. The van der Waals surface area contributed by atoms with Gasteiger partial charge in [0.2, 0.25) is 5.91 Å². The Balaban J connectivity index is 2.86. The van der Waals surface area contributed by atoms with Gasteiger partial charge in [0.05, 0.1) is 16.9 Å². The zero-order valence-corrected chi connectivity index (χ0v) is 11.9. The van der Waals surface area contributed by atoms with Gasteiger partial charge in [-0.3, -0.25) is 4.79 Å². The molecule has 7 heteroatoms. The fourth-order valence-electron chi connectivity index (χ4n) is 2.46. The van der Waals surface area contributed by atoms with E-state index in [1.807, 2.05) is 0 Å². The summed E-state index contributed by atoms with van der Waals surface area (Å²) in [6.45, 7) is 1.62. The number of hydrogen-bond acceptors (Lipinski definition) is 2. The van der Waals surface area contributed by atoms with Crippen molar-refractivity contribution in [2.45, 2.75) is 44.8 Å². The lowest BCUT2D eigenvalue weighted by Gasteiger charge is -2.36. The summed E-state index contributed by atoms with van der Waals surface area (Å²) in [5.41, 5.74) is 5.44. The standard InChI is InChI=1S/C12H19F3N2OS/c1-7(10(16)19)17(2)11(18)8-5-3-4-6-9(8)12(13,14)15/h7-9H,3-6H2,1-2H3,(H2,16,19). The van der Waals surface area contributed by atoms with E-state index in [2.05, 4.69) is 0 Å². The van der Waals surface area contributed by atoms with E-state index < -0.39 is 30.0 Å². The van der Waals surface area contributed by atoms with Crippen LogP contribution in [-0.4, -0.2) is 35.1 Å². The van der Waals surface area contributed by atoms with Gasteiger partial charge in [-0.15, -0.1) is 0 Å². The van der Waals surface area contributed by atoms with Crippen LogP contribution in [0.15, 0.2) is 0 Å². The van der Waals surface area contributed by atoms with Crippen LogP contribution in [0.25, 0.3) is 0 Å². The molecule has 1 rings (SSSR count). The number of halogens is 3. The Bertz CT molecular complexity index is 359. The Hall–Kier alpha value is -0.850. The third-order valence-corrected chi connectivity index (χ3v) is 4.19. The molecule has 110 valence electrons. The largest absolute Gasteiger partial charge is 0.392 e. The van der Waals surface area contributed by atoms with Crippen molar-refractivity contribution in [1.82, 2.24) is 4.90 Å². The lowest BCUT2D eigenvalue weighted by atomic mass is 9.78. The molecule has 19 heavy (non-hydrogen) atoms. The van der Waals surface area contributed by atoms with Gasteiger partial charge in [0.1, 0.15) is 0 Å². The number of nitrogens with zero attached hydrogens (tertiary/aromatic N) is 1. The number of alkyl halides is 3. The van der Waals surface area contributed by atoms with Crippen LogP contribution in [0.3, 0.4) is 0 Å². The van der Waals surface area contributed by atoms with Gasteiger partial charge >= 0.3 is 6.18 Å². The second kappa shape index (κ2) is 6.07. The van der Waals surface area contributed by atoms with Crippen LogP contribution in [0.1, 0.15) is 32.6 Å². The van der Waals surface area contributed by atoms with Crippen LogP contribution in [0.4, 0.5) is 13.2 Å². The van der Waals surface area contributed by atoms with Gasteiger partial charge in [-0.25, -0.2) is 0 Å². The minimum atomic E-state index is -4.33. The summed E-state index contributed by atoms with van der Waals surface area (Å²) in [6, 6.07) is -0.529. The lowest BCUT2D eigenvalue weighted by Crippen LogP contribution is -2.49. The monoisotopic (exact) mass is 296 g/mol. The number of rotatable bonds is 3. The highest BCUT2D eigenvalue weighted by Crippen LogP contribution is 2.42. The number of hydrogen-bond donors (Lipinski definition) is 1. The zero-order chi connectivity index (χ0) is 14.8. The molecule has 3 atom stereocenters. The number of thiocarbonyl (C=S) groups is 1. The normalized spacial score (nSPS) is 25.7. The Morgan fingerprint density at radius 2 is 1.89 bits per heavy atom. The number of likely N-dealkylation sites (N-methyl/N-ethyl adjacent to an activating group) is 1. The molecule has 0 aromatic carbocycles. The first-order valence-electron chi connectivity index (χ1n) is 6.29. The van der Waals surface area contributed by atoms with Crippen molar-refractivity contribution in [2.75, 3.05) is 7.05 Å². The van der Waals surface area contributed by atoms with Gasteiger partial charge in [0.25, 0.3) is 0 Å². The summed E-state index contributed by atoms with van der Waals surface area (Å²) < 4.78 is 38.9. The molecule has 0 bridgehead atoms. The minimum Gasteiger partial charge on any atom is -0.392 e. The second-order valence-electron chi connectivity index (χ2n) is 5.07. The molecule has 0 radical (unpaired) electrons. The molecule has 1 aliphatic carbocycles. The molecule has 1 fully saturated rings. The first kappa shape index (κ1) is 16.2. The van der Waals surface area contributed by atoms with Crippen molar-refractivity contribution >= 4 is 23.1 Å². The van der Waals surface area contributed by atoms with Crippen molar-refractivity contribution < 1.29 is 18.0 Å². The summed E-state index contributed by atoms with van der Waals surface area (Å²) >= 11 is 4.78. The highest BCUT2D eigenvalue weighted by atomic mass is 32.1. The summed E-state index contributed by atoms with van der Waals surface area (Å²) in [7, 11) is 1.45. The summed E-state index contributed by atoms with van der Waals surface area (Å²) in [4.78, 5) is 13.6. The minimum absolute atomic E-state index is 0.0230. The summed E-state index contributed by atoms with van der Waals surface area (Å²) in [6.07, 6.45) is -2.86. The highest BCUT2D eigenvalue weighted by molar-refractivity contribution is 7.80. The third-order valence-electron chi connectivity index (χ3n) is 3.84. The van der Waals surface area contributed by atoms with Crippen molar-refractivity contribution in [2.24, 2.45) is 17.6 Å². The lowest BCUT2D eigenvalue weighted by molar-refractivity contribution is -0.200. The van der Waals surface area contributed by atoms with Crippen LogP contribution in [0.5, 0.6) is 0 Å². The van der Waals surface area contributed by atoms with E-state index in [1.54, 1.807) is 6.92 Å². The molecule has 0 aromatic rings. The summed E-state index contributed by atoms with van der Waals surface area (Å²) in [5, 5.41) is 0. The third kappa shape index (κ3) is 3.81. The molecule has 0 spiro atoms. The molecule has 0 aliphatic heterocycles. The van der Waals surface area contributed by atoms with E-state index in [0.29, 0.717) is 12.8 Å². The van der Waals surface area contributed by atoms with Crippen LogP contribution < -0.4 is 5.73 Å². The van der Waals surface area contributed by atoms with Gasteiger partial charge in [0.15, 0.2) is 0 Å². The average Bonchev–Trinajstić information content (AvgIpc) is 2.35. The van der Waals surface area contributed by atoms with Gasteiger partial charge in [-0.2, -0.15) is 13.2 Å². The molecule has 1 aliphatic rings. The predicted molar refractivity (Wildman–Crippen MR) is 70.5 cm³/mol. The maximum Gasteiger partial charge on any atom is 0.392 e. The van der Waals surface area contributed by atoms with E-state index in [1.165, 1.54) is 11.9 Å². The number of amides is 1. The second-order valence-corrected chi connectivity index (χ2v) is 5.54. The van der Waals surface area contributed by atoms with Gasteiger partial charge in [0, 0.05) is 13.0 Å². The smallest absolute Gasteiger partial charge is 0.392 e. The zero-order valence-electron chi connectivity index (χ0n) is 11.0. The topological polar surface area (TPSA) is 46.3 Å². The van der Waals surface area contributed by atoms with Crippen molar-refractivity contribution in [3.05, 3.63) is 0 Å². The van der Waals surface area contributed by atoms with Crippen molar-refractivity contribution in [3.63, 3.8) is 0 Å². The fourth-order valence-corrected chi connectivity index (χ4v) is 2.62. The quantitative estimate of drug-likeness (QED) is 0.814. The maximum absolute atomic E-state index is 13.0. The highest BCUT2D eigenvalue weighted by Gasteiger charge is 2.48. The molecule has 3 nitrogen and oxygen atoms in total. The van der Waals surface area contributed by atoms with Crippen LogP contribution >= 0.6 is 12.2 Å². The van der Waals surface area contributed by atoms with Crippen molar-refractivity contribution in [1.29, 1.82) is 0 Å². The van der Waals surface area contributed by atoms with E-state index >= 15 is 0 Å². The van der Waals surface area contributed by atoms with Gasteiger partial charge < -0.3 is 10.6 Å². The molecule has 0 heterocycles. The SMILES string of the molecule is CC(C(N)=S)N(C)C(=O)C1CCCCC1C(F)(F)F. The number of carbonyl (C=O) groups excluding carboxylic acids is 1. The van der Waals surface area contributed by atoms with Gasteiger partial charge in [-0.1, -0.05) is 25.1 Å². The van der Waals surface area contributed by atoms with Crippen LogP contribution in [0.2, 0.25) is 0 Å². The molecular formula is C12H19F3N2OS. The van der Waals surface area contributed by atoms with E-state index in [0.717, 1.165) is 0 Å². The van der Waals surface area contributed by atoms with E-state index in [9.17, 15) is 18.0 Å². The molecule has 1 amide bonds. The van der Waals surface area contributed by atoms with Crippen molar-refractivity contribution in [3.8, 4) is 0 Å². The summed E-state index contributed by atoms with van der Waals surface area (Å²) in [5.74, 6) is -3.06. The van der Waals surface area contributed by atoms with Crippen LogP contribution in [0, 0.1) is 11.8 Å². The Kier molecular flexibility index (Phi) is 5.18. The first-order valence-corrected chi connectivity index (χ1v) is 6.69. The van der Waals surface area contributed by atoms with E-state index in [-0.39, 0.29) is 17.8 Å². The van der Waals surface area contributed by atoms with Gasteiger partial charge in [-0.05, 0) is 19.8 Å². The molecule has 0 aromatic heterocycles. The van der Waals surface area contributed by atoms with Crippen LogP contribution in [-0.2, 0) is 4.79 Å². The van der Waals surface area contributed by atoms with E-state index in [4.69, 9.17) is 18.0 Å². The molecule has 0 saturated heterocycles. The average molecular weight is 296 g/mol. The Morgan fingerprint density at radius 1 is 1.37 bits per heavy atom. The maximum atomic E-state index is 13.0. The predicted octanol–water partition coefficient (Wildman–Crippen LogP) is 2.49. The Labute approximate surface area is 116 Å². The molecule has 1 saturated carbocycles. The number of carbonyl (C=O) groups is 1. The molecule has 2 N–H and O–H groups in total. The Morgan fingerprint density at radius 3 is 2.37 bits per heavy atom. The molecular weight excluding hydrogens is 277 g/mol. The number of nitrogens with two attached hydrogens (primary N) is 1. The first-order chi connectivity index (χ1) is 8.66. The fraction of sp³-hybridized carbons (Fsp3) is 0.833.